The molecule has 0 aromatic rings. The van der Waals surface area contributed by atoms with E-state index in [0.29, 0.717) is 0 Å². The van der Waals surface area contributed by atoms with Gasteiger partial charge < -0.3 is 5.32 Å². The molecule has 0 atom stereocenters. The van der Waals surface area contributed by atoms with Gasteiger partial charge >= 0.3 is 0 Å². The summed E-state index contributed by atoms with van der Waals surface area (Å²) in [6, 6.07) is 0. The molecule has 0 unspecified atom stereocenters. The Labute approximate surface area is 67.3 Å². The summed E-state index contributed by atoms with van der Waals surface area (Å²) < 4.78 is 0. The zero-order chi connectivity index (χ0) is 8.53. The number of carbonyl (C=O) groups excluding carboxylic acids is 1. The first kappa shape index (κ1) is 9.69. The normalized spacial score (nSPS) is 11.7. The van der Waals surface area contributed by atoms with Crippen molar-refractivity contribution in [2.75, 3.05) is 7.05 Å². The van der Waals surface area contributed by atoms with Crippen molar-refractivity contribution in [1.29, 1.82) is 0 Å². The van der Waals surface area contributed by atoms with Gasteiger partial charge in [0.2, 0.25) is 5.91 Å². The maximum atomic E-state index is 9.95. The molecule has 0 aliphatic heterocycles. The Morgan fingerprint density at radius 3 is 2.18 bits per heavy atom. The molecule has 0 saturated heterocycles. The molecule has 1 aliphatic rings. The second kappa shape index (κ2) is 6.81. The Kier molecular flexibility index (Phi) is 5.99. The highest BCUT2D eigenvalue weighted by molar-refractivity contribution is 5.86. The number of nitrogens with one attached hydrogen (secondary N) is 1. The van der Waals surface area contributed by atoms with Gasteiger partial charge in [-0.3, -0.25) is 4.79 Å². The van der Waals surface area contributed by atoms with Gasteiger partial charge in [0.1, 0.15) is 0 Å². The fourth-order valence-corrected chi connectivity index (χ4v) is 0.495. The van der Waals surface area contributed by atoms with E-state index in [-0.39, 0.29) is 5.91 Å². The van der Waals surface area contributed by atoms with E-state index < -0.39 is 0 Å². The minimum Gasteiger partial charge on any atom is -0.356 e. The smallest absolute Gasteiger partial charge is 0.243 e. The van der Waals surface area contributed by atoms with Crippen LogP contribution >= 0.6 is 0 Å². The summed E-state index contributed by atoms with van der Waals surface area (Å²) in [5.74, 6) is -0.144. The van der Waals surface area contributed by atoms with Crippen LogP contribution in [0.4, 0.5) is 0 Å². The van der Waals surface area contributed by atoms with Crippen LogP contribution < -0.4 is 5.32 Å². The summed E-state index contributed by atoms with van der Waals surface area (Å²) in [6.45, 7) is 3.22. The number of allylic oxidation sites excluding steroid dienone is 4. The molecular formula is C9H13NO. The first-order chi connectivity index (χ1) is 5.31. The van der Waals surface area contributed by atoms with Gasteiger partial charge in [0, 0.05) is 7.05 Å². The molecular weight excluding hydrogens is 138 g/mol. The van der Waals surface area contributed by atoms with Gasteiger partial charge in [-0.05, 0) is 12.5 Å². The molecule has 1 aliphatic carbocycles. The number of likely N-dealkylation sites (N-methyl/N-ethyl adjacent to an activating group) is 1. The highest BCUT2D eigenvalue weighted by atomic mass is 16.1. The quantitative estimate of drug-likeness (QED) is 0.564. The van der Waals surface area contributed by atoms with Gasteiger partial charge in [0.05, 0.1) is 0 Å². The van der Waals surface area contributed by atoms with Crippen LogP contribution in [0.25, 0.3) is 0 Å². The van der Waals surface area contributed by atoms with Crippen LogP contribution in [0.5, 0.6) is 0 Å². The fraction of sp³-hybridized carbons (Fsp3) is 0.222. The van der Waals surface area contributed by atoms with E-state index >= 15 is 0 Å². The largest absolute Gasteiger partial charge is 0.356 e. The molecule has 1 rings (SSSR count). The monoisotopic (exact) mass is 151 g/mol. The minimum absolute atomic E-state index is 0.144. The molecule has 0 aromatic heterocycles. The Hall–Kier alpha value is -1.31. The molecule has 11 heavy (non-hydrogen) atoms. The molecule has 0 aromatic carbocycles. The third kappa shape index (κ3) is 6.58. The van der Waals surface area contributed by atoms with Crippen LogP contribution in [-0.4, -0.2) is 13.0 Å². The summed E-state index contributed by atoms with van der Waals surface area (Å²) in [5.41, 5.74) is 0. The zero-order valence-corrected chi connectivity index (χ0v) is 6.71. The SMILES string of the molecule is C1=CCC=C1.C=CC(=O)NC. The lowest BCUT2D eigenvalue weighted by molar-refractivity contribution is -0.116. The highest BCUT2D eigenvalue weighted by Gasteiger charge is 1.78. The third-order valence-electron chi connectivity index (χ3n) is 1.09. The van der Waals surface area contributed by atoms with Gasteiger partial charge in [0.15, 0.2) is 0 Å². The maximum Gasteiger partial charge on any atom is 0.243 e. The topological polar surface area (TPSA) is 29.1 Å². The predicted molar refractivity (Wildman–Crippen MR) is 47.2 cm³/mol. The first-order valence-electron chi connectivity index (χ1n) is 3.47. The molecule has 0 bridgehead atoms. The zero-order valence-electron chi connectivity index (χ0n) is 6.71. The number of carbonyl (C=O) groups is 1. The van der Waals surface area contributed by atoms with Gasteiger partial charge in [-0.15, -0.1) is 0 Å². The lowest BCUT2D eigenvalue weighted by Gasteiger charge is -1.82. The van der Waals surface area contributed by atoms with E-state index in [9.17, 15) is 4.79 Å². The Morgan fingerprint density at radius 1 is 1.55 bits per heavy atom. The Morgan fingerprint density at radius 2 is 2.09 bits per heavy atom. The van der Waals surface area contributed by atoms with Gasteiger partial charge in [-0.2, -0.15) is 0 Å². The summed E-state index contributed by atoms with van der Waals surface area (Å²) in [7, 11) is 1.56. The van der Waals surface area contributed by atoms with Crippen molar-refractivity contribution in [1.82, 2.24) is 5.32 Å². The number of hydrogen-bond donors (Lipinski definition) is 1. The lowest BCUT2D eigenvalue weighted by Crippen LogP contribution is -2.13. The van der Waals surface area contributed by atoms with E-state index in [1.165, 1.54) is 6.08 Å². The maximum absolute atomic E-state index is 9.95. The minimum atomic E-state index is -0.144. The number of hydrogen-bond acceptors (Lipinski definition) is 1. The second-order valence-corrected chi connectivity index (χ2v) is 1.91. The van der Waals surface area contributed by atoms with Crippen molar-refractivity contribution in [2.24, 2.45) is 0 Å². The van der Waals surface area contributed by atoms with E-state index in [1.807, 2.05) is 0 Å². The molecule has 60 valence electrons. The standard InChI is InChI=1S/C5H6.C4H7NO/c1-2-4-5-3-1;1-3-4(6)5-2/h1-4H,5H2;3H,1H2,2H3,(H,5,6). The van der Waals surface area contributed by atoms with Crippen LogP contribution in [0.15, 0.2) is 37.0 Å². The molecule has 0 fully saturated rings. The number of amides is 1. The molecule has 2 heteroatoms. The van der Waals surface area contributed by atoms with Crippen molar-refractivity contribution >= 4 is 5.91 Å². The van der Waals surface area contributed by atoms with Crippen LogP contribution in [0.1, 0.15) is 6.42 Å². The van der Waals surface area contributed by atoms with Crippen LogP contribution in [0, 0.1) is 0 Å². The summed E-state index contributed by atoms with van der Waals surface area (Å²) in [4.78, 5) is 9.95. The second-order valence-electron chi connectivity index (χ2n) is 1.91. The molecule has 0 spiro atoms. The van der Waals surface area contributed by atoms with Crippen LogP contribution in [-0.2, 0) is 4.79 Å². The van der Waals surface area contributed by atoms with Gasteiger partial charge in [-0.1, -0.05) is 30.9 Å². The lowest BCUT2D eigenvalue weighted by atomic mass is 10.5. The van der Waals surface area contributed by atoms with E-state index in [0.717, 1.165) is 6.42 Å². The van der Waals surface area contributed by atoms with Crippen molar-refractivity contribution in [2.45, 2.75) is 6.42 Å². The fourth-order valence-electron chi connectivity index (χ4n) is 0.495. The number of rotatable bonds is 1. The summed E-state index contributed by atoms with van der Waals surface area (Å²) >= 11 is 0. The predicted octanol–water partition coefficient (Wildman–Crippen LogP) is 1.42. The van der Waals surface area contributed by atoms with E-state index in [4.69, 9.17) is 0 Å². The molecule has 0 radical (unpaired) electrons. The average Bonchev–Trinajstić information content (AvgIpc) is 2.60. The van der Waals surface area contributed by atoms with Crippen molar-refractivity contribution in [3.8, 4) is 0 Å². The van der Waals surface area contributed by atoms with Crippen molar-refractivity contribution in [3.63, 3.8) is 0 Å². The molecule has 1 amide bonds. The Bertz CT molecular complexity index is 170. The van der Waals surface area contributed by atoms with E-state index in [1.54, 1.807) is 7.05 Å². The third-order valence-corrected chi connectivity index (χ3v) is 1.09. The van der Waals surface area contributed by atoms with Gasteiger partial charge in [-0.25, -0.2) is 0 Å². The highest BCUT2D eigenvalue weighted by Crippen LogP contribution is 1.93. The average molecular weight is 151 g/mol. The van der Waals surface area contributed by atoms with Crippen LogP contribution in [0.3, 0.4) is 0 Å². The first-order valence-corrected chi connectivity index (χ1v) is 3.47. The molecule has 0 saturated carbocycles. The van der Waals surface area contributed by atoms with Crippen LogP contribution in [0.2, 0.25) is 0 Å². The van der Waals surface area contributed by atoms with Crippen molar-refractivity contribution < 1.29 is 4.79 Å². The summed E-state index contributed by atoms with van der Waals surface area (Å²) in [5, 5.41) is 2.36. The molecule has 0 heterocycles. The van der Waals surface area contributed by atoms with E-state index in [2.05, 4.69) is 36.2 Å². The molecule has 1 N–H and O–H groups in total. The summed E-state index contributed by atoms with van der Waals surface area (Å²) in [6.07, 6.45) is 10.7. The Balaban J connectivity index is 0.000000183. The van der Waals surface area contributed by atoms with Crippen molar-refractivity contribution in [3.05, 3.63) is 37.0 Å². The van der Waals surface area contributed by atoms with Gasteiger partial charge in [0.25, 0.3) is 0 Å². The molecule has 2 nitrogen and oxygen atoms in total.